The van der Waals surface area contributed by atoms with Crippen molar-refractivity contribution in [2.75, 3.05) is 17.1 Å². The minimum atomic E-state index is -4.17. The molecule has 4 rings (SSSR count). The first-order chi connectivity index (χ1) is 16.3. The maximum absolute atomic E-state index is 13.0. The Morgan fingerprint density at radius 3 is 2.59 bits per heavy atom. The second-order valence-corrected chi connectivity index (χ2v) is 9.10. The van der Waals surface area contributed by atoms with E-state index in [1.165, 1.54) is 31.8 Å². The molecule has 3 heterocycles. The summed E-state index contributed by atoms with van der Waals surface area (Å²) in [4.78, 5) is 24.6. The van der Waals surface area contributed by atoms with Crippen LogP contribution in [0.15, 0.2) is 70.4 Å². The third-order valence-electron chi connectivity index (χ3n) is 4.59. The largest absolute Gasteiger partial charge is 0.480 e. The van der Waals surface area contributed by atoms with E-state index in [2.05, 4.69) is 25.0 Å². The van der Waals surface area contributed by atoms with E-state index >= 15 is 0 Å². The van der Waals surface area contributed by atoms with Crippen molar-refractivity contribution in [3.63, 3.8) is 0 Å². The van der Waals surface area contributed by atoms with Gasteiger partial charge in [0.15, 0.2) is 10.6 Å². The number of carbonyl (C=O) groups is 1. The Bertz CT molecular complexity index is 1460. The van der Waals surface area contributed by atoms with E-state index in [1.807, 2.05) is 18.2 Å². The highest BCUT2D eigenvalue weighted by molar-refractivity contribution is 7.92. The van der Waals surface area contributed by atoms with E-state index in [0.29, 0.717) is 16.1 Å². The van der Waals surface area contributed by atoms with Crippen LogP contribution in [0.3, 0.4) is 0 Å². The lowest BCUT2D eigenvalue weighted by molar-refractivity contribution is 0.102. The quantitative estimate of drug-likeness (QED) is 0.387. The van der Waals surface area contributed by atoms with Crippen LogP contribution in [0.1, 0.15) is 16.1 Å². The summed E-state index contributed by atoms with van der Waals surface area (Å²) in [5, 5.41) is 2.93. The fourth-order valence-corrected chi connectivity index (χ4v) is 4.40. The molecular formula is C22H18ClN5O5S. The zero-order valence-electron chi connectivity index (χ0n) is 17.9. The predicted octanol–water partition coefficient (Wildman–Crippen LogP) is 4.16. The maximum atomic E-state index is 13.0. The molecule has 12 heteroatoms. The van der Waals surface area contributed by atoms with Crippen molar-refractivity contribution in [3.8, 4) is 17.3 Å². The van der Waals surface area contributed by atoms with Crippen LogP contribution in [-0.4, -0.2) is 36.4 Å². The molecule has 0 fully saturated rings. The molecule has 0 aliphatic heterocycles. The van der Waals surface area contributed by atoms with Gasteiger partial charge in [0.25, 0.3) is 15.9 Å². The Balaban J connectivity index is 1.59. The number of carbonyl (C=O) groups excluding carboxylic acids is 1. The van der Waals surface area contributed by atoms with Crippen molar-refractivity contribution in [1.82, 2.24) is 15.0 Å². The molecule has 3 aromatic heterocycles. The van der Waals surface area contributed by atoms with Crippen LogP contribution in [-0.2, 0) is 10.0 Å². The predicted molar refractivity (Wildman–Crippen MR) is 125 cm³/mol. The number of benzene rings is 1. The summed E-state index contributed by atoms with van der Waals surface area (Å²) in [6.07, 6.45) is 3.79. The van der Waals surface area contributed by atoms with Crippen LogP contribution in [0, 0.1) is 6.92 Å². The van der Waals surface area contributed by atoms with Crippen molar-refractivity contribution < 1.29 is 22.4 Å². The molecule has 0 unspecified atom stereocenters. The van der Waals surface area contributed by atoms with Crippen LogP contribution < -0.4 is 14.8 Å². The number of aromatic nitrogens is 3. The zero-order chi connectivity index (χ0) is 24.3. The molecule has 1 amide bonds. The molecule has 0 radical (unpaired) electrons. The summed E-state index contributed by atoms with van der Waals surface area (Å²) in [6, 6.07) is 11.9. The number of aryl methyl sites for hydroxylation is 1. The minimum Gasteiger partial charge on any atom is -0.480 e. The lowest BCUT2D eigenvalue weighted by Gasteiger charge is -2.13. The van der Waals surface area contributed by atoms with Crippen LogP contribution in [0.25, 0.3) is 11.5 Å². The van der Waals surface area contributed by atoms with Crippen LogP contribution in [0.5, 0.6) is 5.88 Å². The molecule has 174 valence electrons. The highest BCUT2D eigenvalue weighted by atomic mass is 35.5. The lowest BCUT2D eigenvalue weighted by atomic mass is 10.2. The van der Waals surface area contributed by atoms with Crippen LogP contribution in [0.2, 0.25) is 5.02 Å². The third-order valence-corrected chi connectivity index (χ3v) is 6.13. The van der Waals surface area contributed by atoms with Gasteiger partial charge in [0.1, 0.15) is 12.1 Å². The molecule has 0 spiro atoms. The molecular weight excluding hydrogens is 482 g/mol. The number of halogens is 1. The highest BCUT2D eigenvalue weighted by Crippen LogP contribution is 2.28. The number of oxazole rings is 1. The van der Waals surface area contributed by atoms with Gasteiger partial charge in [-0.1, -0.05) is 29.8 Å². The fraction of sp³-hybridized carbons (Fsp3) is 0.0909. The summed E-state index contributed by atoms with van der Waals surface area (Å²) in [5.41, 5.74) is 1.35. The van der Waals surface area contributed by atoms with Crippen molar-refractivity contribution in [3.05, 3.63) is 77.4 Å². The monoisotopic (exact) mass is 499 g/mol. The Hall–Kier alpha value is -3.96. The fourth-order valence-electron chi connectivity index (χ4n) is 2.96. The van der Waals surface area contributed by atoms with Gasteiger partial charge >= 0.3 is 0 Å². The van der Waals surface area contributed by atoms with E-state index in [9.17, 15) is 13.2 Å². The molecule has 0 saturated heterocycles. The van der Waals surface area contributed by atoms with Gasteiger partial charge in [-0.15, -0.1) is 0 Å². The average molecular weight is 500 g/mol. The Kier molecular flexibility index (Phi) is 6.48. The second kappa shape index (κ2) is 9.49. The van der Waals surface area contributed by atoms with Gasteiger partial charge in [-0.3, -0.25) is 9.52 Å². The number of nitrogens with zero attached hydrogens (tertiary/aromatic N) is 3. The minimum absolute atomic E-state index is 0.0122. The Morgan fingerprint density at radius 2 is 1.88 bits per heavy atom. The number of sulfonamides is 1. The van der Waals surface area contributed by atoms with Gasteiger partial charge in [-0.2, -0.15) is 0 Å². The van der Waals surface area contributed by atoms with Gasteiger partial charge in [-0.25, -0.2) is 23.4 Å². The molecule has 0 saturated carbocycles. The summed E-state index contributed by atoms with van der Waals surface area (Å²) >= 11 is 5.89. The van der Waals surface area contributed by atoms with Gasteiger partial charge < -0.3 is 14.5 Å². The van der Waals surface area contributed by atoms with Crippen LogP contribution >= 0.6 is 11.6 Å². The van der Waals surface area contributed by atoms with E-state index in [4.69, 9.17) is 20.8 Å². The standard InChI is InChI=1S/C22H18ClN5O5S/c1-13-8-15(23)10-24-19(13)28-34(30,31)18-9-16(11-25-22(18)32-2)26-20(29)17-12-33-21(27-17)14-6-4-3-5-7-14/h3-12H,1-2H3,(H,24,28)(H,26,29). The Labute approximate surface area is 200 Å². The first-order valence-electron chi connectivity index (χ1n) is 9.78. The third kappa shape index (κ3) is 5.00. The van der Waals surface area contributed by atoms with Gasteiger partial charge in [0.2, 0.25) is 11.8 Å². The maximum Gasteiger partial charge on any atom is 0.277 e. The molecule has 1 aromatic carbocycles. The number of ether oxygens (including phenoxy) is 1. The topological polar surface area (TPSA) is 136 Å². The SMILES string of the molecule is COc1ncc(NC(=O)c2coc(-c3ccccc3)n2)cc1S(=O)(=O)Nc1ncc(Cl)cc1C. The van der Waals surface area contributed by atoms with E-state index in [1.54, 1.807) is 25.1 Å². The number of nitrogens with one attached hydrogen (secondary N) is 2. The number of hydrogen-bond donors (Lipinski definition) is 2. The van der Waals surface area contributed by atoms with E-state index in [0.717, 1.165) is 0 Å². The first kappa shape index (κ1) is 23.2. The molecule has 2 N–H and O–H groups in total. The van der Waals surface area contributed by atoms with Crippen molar-refractivity contribution >= 4 is 39.0 Å². The summed E-state index contributed by atoms with van der Waals surface area (Å²) in [6.45, 7) is 1.66. The number of pyridine rings is 2. The normalized spacial score (nSPS) is 11.1. The van der Waals surface area contributed by atoms with Gasteiger partial charge in [0, 0.05) is 11.8 Å². The molecule has 0 bridgehead atoms. The summed E-state index contributed by atoms with van der Waals surface area (Å²) in [7, 11) is -2.89. The number of rotatable bonds is 7. The lowest BCUT2D eigenvalue weighted by Crippen LogP contribution is -2.18. The molecule has 34 heavy (non-hydrogen) atoms. The zero-order valence-corrected chi connectivity index (χ0v) is 19.5. The van der Waals surface area contributed by atoms with Gasteiger partial charge in [0.05, 0.1) is 24.0 Å². The van der Waals surface area contributed by atoms with E-state index in [-0.39, 0.29) is 33.9 Å². The van der Waals surface area contributed by atoms with Gasteiger partial charge in [-0.05, 0) is 36.8 Å². The number of methoxy groups -OCH3 is 1. The van der Waals surface area contributed by atoms with Crippen molar-refractivity contribution in [2.45, 2.75) is 11.8 Å². The Morgan fingerprint density at radius 1 is 1.12 bits per heavy atom. The van der Waals surface area contributed by atoms with Crippen LogP contribution in [0.4, 0.5) is 11.5 Å². The molecule has 0 aliphatic rings. The smallest absolute Gasteiger partial charge is 0.277 e. The molecule has 0 atom stereocenters. The molecule has 4 aromatic rings. The first-order valence-corrected chi connectivity index (χ1v) is 11.6. The number of amides is 1. The number of hydrogen-bond acceptors (Lipinski definition) is 8. The summed E-state index contributed by atoms with van der Waals surface area (Å²) < 4.78 is 38.9. The second-order valence-electron chi connectivity index (χ2n) is 7.01. The number of anilines is 2. The van der Waals surface area contributed by atoms with Crippen molar-refractivity contribution in [1.29, 1.82) is 0 Å². The van der Waals surface area contributed by atoms with E-state index < -0.39 is 15.9 Å². The summed E-state index contributed by atoms with van der Waals surface area (Å²) in [5.74, 6) is -0.400. The molecule has 10 nitrogen and oxygen atoms in total. The van der Waals surface area contributed by atoms with Crippen molar-refractivity contribution in [2.24, 2.45) is 0 Å². The average Bonchev–Trinajstić information content (AvgIpc) is 3.32. The molecule has 0 aliphatic carbocycles. The highest BCUT2D eigenvalue weighted by Gasteiger charge is 2.24.